The van der Waals surface area contributed by atoms with Gasteiger partial charge >= 0.3 is 0 Å². The molecule has 1 N–H and O–H groups in total. The van der Waals surface area contributed by atoms with Crippen LogP contribution in [0, 0.1) is 13.8 Å². The first-order chi connectivity index (χ1) is 9.51. The van der Waals surface area contributed by atoms with Gasteiger partial charge in [0.2, 0.25) is 5.95 Å². The Hall–Kier alpha value is -1.52. The number of rotatable bonds is 5. The number of benzene rings is 1. The van der Waals surface area contributed by atoms with E-state index in [-0.39, 0.29) is 6.04 Å². The van der Waals surface area contributed by atoms with E-state index in [1.807, 2.05) is 36.7 Å². The Labute approximate surface area is 124 Å². The van der Waals surface area contributed by atoms with Crippen LogP contribution in [-0.4, -0.2) is 29.3 Å². The van der Waals surface area contributed by atoms with Crippen molar-refractivity contribution < 1.29 is 4.74 Å². The zero-order chi connectivity index (χ0) is 14.7. The zero-order valence-electron chi connectivity index (χ0n) is 12.3. The molecule has 0 radical (unpaired) electrons. The maximum absolute atomic E-state index is 6.31. The third kappa shape index (κ3) is 3.32. The molecule has 0 saturated heterocycles. The van der Waals surface area contributed by atoms with Crippen LogP contribution in [0.5, 0.6) is 0 Å². The van der Waals surface area contributed by atoms with Gasteiger partial charge in [-0.3, -0.25) is 4.57 Å². The number of nitrogens with one attached hydrogen (secondary N) is 1. The molecule has 1 atom stereocenters. The van der Waals surface area contributed by atoms with Gasteiger partial charge in [-0.25, -0.2) is 4.98 Å². The van der Waals surface area contributed by atoms with Crippen LogP contribution in [0.15, 0.2) is 24.4 Å². The molecular weight excluding hydrogens is 274 g/mol. The largest absolute Gasteiger partial charge is 0.383 e. The van der Waals surface area contributed by atoms with Crippen LogP contribution in [0.4, 0.5) is 5.95 Å². The van der Waals surface area contributed by atoms with E-state index in [0.717, 1.165) is 22.9 Å². The van der Waals surface area contributed by atoms with Crippen LogP contribution < -0.4 is 5.32 Å². The molecule has 20 heavy (non-hydrogen) atoms. The van der Waals surface area contributed by atoms with Gasteiger partial charge in [0.15, 0.2) is 0 Å². The van der Waals surface area contributed by atoms with Gasteiger partial charge in [0.25, 0.3) is 0 Å². The normalized spacial score (nSPS) is 12.4. The van der Waals surface area contributed by atoms with E-state index in [2.05, 4.69) is 23.3 Å². The van der Waals surface area contributed by atoms with E-state index in [1.54, 1.807) is 7.11 Å². The van der Waals surface area contributed by atoms with E-state index in [0.29, 0.717) is 11.6 Å². The molecule has 0 aliphatic heterocycles. The van der Waals surface area contributed by atoms with Crippen LogP contribution in [0.25, 0.3) is 5.69 Å². The van der Waals surface area contributed by atoms with Crippen molar-refractivity contribution in [1.29, 1.82) is 0 Å². The van der Waals surface area contributed by atoms with Crippen LogP contribution >= 0.6 is 11.6 Å². The molecule has 0 aliphatic rings. The summed E-state index contributed by atoms with van der Waals surface area (Å²) in [5, 5.41) is 4.05. The number of hydrogen-bond acceptors (Lipinski definition) is 3. The smallest absolute Gasteiger partial charge is 0.208 e. The van der Waals surface area contributed by atoms with E-state index in [4.69, 9.17) is 16.3 Å². The number of ether oxygens (including phenoxy) is 1. The highest BCUT2D eigenvalue weighted by Gasteiger charge is 2.12. The predicted octanol–water partition coefficient (Wildman–Crippen LogP) is 3.59. The Morgan fingerprint density at radius 1 is 1.40 bits per heavy atom. The fourth-order valence-electron chi connectivity index (χ4n) is 2.10. The van der Waals surface area contributed by atoms with Gasteiger partial charge in [-0.05, 0) is 38.5 Å². The summed E-state index contributed by atoms with van der Waals surface area (Å²) in [6.45, 7) is 6.68. The fourth-order valence-corrected chi connectivity index (χ4v) is 2.31. The van der Waals surface area contributed by atoms with E-state index >= 15 is 0 Å². The second kappa shape index (κ2) is 6.29. The summed E-state index contributed by atoms with van der Waals surface area (Å²) < 4.78 is 7.13. The molecule has 1 aromatic heterocycles. The first-order valence-corrected chi connectivity index (χ1v) is 6.97. The topological polar surface area (TPSA) is 39.1 Å². The first-order valence-electron chi connectivity index (χ1n) is 6.59. The Morgan fingerprint density at radius 3 is 2.85 bits per heavy atom. The highest BCUT2D eigenvalue weighted by molar-refractivity contribution is 6.32. The molecule has 1 unspecified atom stereocenters. The summed E-state index contributed by atoms with van der Waals surface area (Å²) in [6.07, 6.45) is 1.97. The molecule has 2 aromatic rings. The fraction of sp³-hybridized carbons (Fsp3) is 0.400. The molecule has 0 fully saturated rings. The minimum atomic E-state index is 0.170. The number of hydrogen-bond donors (Lipinski definition) is 1. The van der Waals surface area contributed by atoms with Crippen molar-refractivity contribution in [1.82, 2.24) is 9.55 Å². The van der Waals surface area contributed by atoms with Crippen LogP contribution in [-0.2, 0) is 4.74 Å². The second-order valence-electron chi connectivity index (χ2n) is 5.03. The SMILES string of the molecule is COCC(C)Nc1nc(C)cn1-c1cc(C)ccc1Cl. The maximum Gasteiger partial charge on any atom is 0.208 e. The summed E-state index contributed by atoms with van der Waals surface area (Å²) in [5.74, 6) is 0.777. The Balaban J connectivity index is 2.38. The average molecular weight is 294 g/mol. The minimum absolute atomic E-state index is 0.170. The number of methoxy groups -OCH3 is 1. The number of imidazole rings is 1. The molecule has 0 spiro atoms. The second-order valence-corrected chi connectivity index (χ2v) is 5.44. The third-order valence-corrected chi connectivity index (χ3v) is 3.30. The molecule has 5 heteroatoms. The number of halogens is 1. The summed E-state index contributed by atoms with van der Waals surface area (Å²) in [6, 6.07) is 6.12. The van der Waals surface area contributed by atoms with Crippen LogP contribution in [0.2, 0.25) is 5.02 Å². The number of nitrogens with zero attached hydrogens (tertiary/aromatic N) is 2. The molecule has 0 bridgehead atoms. The average Bonchev–Trinajstić information content (AvgIpc) is 2.73. The highest BCUT2D eigenvalue weighted by Crippen LogP contribution is 2.25. The van der Waals surface area contributed by atoms with Gasteiger partial charge in [-0.15, -0.1) is 0 Å². The van der Waals surface area contributed by atoms with Gasteiger partial charge in [-0.2, -0.15) is 0 Å². The summed E-state index contributed by atoms with van der Waals surface area (Å²) >= 11 is 6.31. The van der Waals surface area contributed by atoms with Gasteiger partial charge < -0.3 is 10.1 Å². The quantitative estimate of drug-likeness (QED) is 0.915. The van der Waals surface area contributed by atoms with Crippen molar-refractivity contribution in [2.24, 2.45) is 0 Å². The molecule has 0 aliphatic carbocycles. The van der Waals surface area contributed by atoms with Gasteiger partial charge in [0.05, 0.1) is 23.0 Å². The van der Waals surface area contributed by atoms with Crippen LogP contribution in [0.3, 0.4) is 0 Å². The molecule has 4 nitrogen and oxygen atoms in total. The lowest BCUT2D eigenvalue weighted by atomic mass is 10.2. The van der Waals surface area contributed by atoms with E-state index < -0.39 is 0 Å². The number of aryl methyl sites for hydroxylation is 2. The van der Waals surface area contributed by atoms with Gasteiger partial charge in [0.1, 0.15) is 0 Å². The van der Waals surface area contributed by atoms with Crippen molar-refractivity contribution in [3.63, 3.8) is 0 Å². The first kappa shape index (κ1) is 14.9. The van der Waals surface area contributed by atoms with Crippen molar-refractivity contribution in [3.8, 4) is 5.69 Å². The molecule has 1 aromatic carbocycles. The highest BCUT2D eigenvalue weighted by atomic mass is 35.5. The Kier molecular flexibility index (Phi) is 4.68. The summed E-state index contributed by atoms with van der Waals surface area (Å²) in [7, 11) is 1.69. The van der Waals surface area contributed by atoms with Gasteiger partial charge in [-0.1, -0.05) is 17.7 Å². The standard InChI is InChI=1S/C15H20ClN3O/c1-10-5-6-13(16)14(7-10)19-8-11(2)17-15(19)18-12(3)9-20-4/h5-8,12H,9H2,1-4H3,(H,17,18). The third-order valence-electron chi connectivity index (χ3n) is 2.98. The lowest BCUT2D eigenvalue weighted by Crippen LogP contribution is -2.22. The van der Waals surface area contributed by atoms with Crippen LogP contribution in [0.1, 0.15) is 18.2 Å². The molecule has 2 rings (SSSR count). The predicted molar refractivity (Wildman–Crippen MR) is 83.0 cm³/mol. The van der Waals surface area contributed by atoms with Crippen molar-refractivity contribution in [3.05, 3.63) is 40.7 Å². The minimum Gasteiger partial charge on any atom is -0.383 e. The summed E-state index contributed by atoms with van der Waals surface area (Å²) in [5.41, 5.74) is 3.03. The van der Waals surface area contributed by atoms with Gasteiger partial charge in [0, 0.05) is 19.3 Å². The summed E-state index contributed by atoms with van der Waals surface area (Å²) in [4.78, 5) is 4.52. The number of anilines is 1. The Morgan fingerprint density at radius 2 is 2.15 bits per heavy atom. The molecule has 1 heterocycles. The van der Waals surface area contributed by atoms with E-state index in [9.17, 15) is 0 Å². The maximum atomic E-state index is 6.31. The number of aromatic nitrogens is 2. The zero-order valence-corrected chi connectivity index (χ0v) is 13.0. The monoisotopic (exact) mass is 293 g/mol. The molecule has 0 saturated carbocycles. The molecular formula is C15H20ClN3O. The molecule has 108 valence electrons. The van der Waals surface area contributed by atoms with Crippen molar-refractivity contribution in [2.75, 3.05) is 19.0 Å². The van der Waals surface area contributed by atoms with E-state index in [1.165, 1.54) is 0 Å². The Bertz CT molecular complexity index is 595. The molecule has 0 amide bonds. The lowest BCUT2D eigenvalue weighted by molar-refractivity contribution is 0.190. The van der Waals surface area contributed by atoms with Crippen molar-refractivity contribution in [2.45, 2.75) is 26.8 Å². The van der Waals surface area contributed by atoms with Crippen molar-refractivity contribution >= 4 is 17.5 Å². The lowest BCUT2D eigenvalue weighted by Gasteiger charge is -2.16.